The largest absolute Gasteiger partial charge is 0.251 e. The van der Waals surface area contributed by atoms with E-state index in [2.05, 4.69) is 43.1 Å². The zero-order valence-electron chi connectivity index (χ0n) is 9.21. The zero-order chi connectivity index (χ0) is 11.0. The van der Waals surface area contributed by atoms with Crippen molar-refractivity contribution in [3.63, 3.8) is 0 Å². The average molecular weight is 220 g/mol. The van der Waals surface area contributed by atoms with Crippen molar-refractivity contribution in [2.75, 3.05) is 0 Å². The van der Waals surface area contributed by atoms with Crippen LogP contribution in [-0.2, 0) is 0 Å². The summed E-state index contributed by atoms with van der Waals surface area (Å²) in [7, 11) is 0. The van der Waals surface area contributed by atoms with E-state index in [1.807, 2.05) is 6.92 Å². The van der Waals surface area contributed by atoms with Gasteiger partial charge in [0.05, 0.1) is 16.6 Å². The summed E-state index contributed by atoms with van der Waals surface area (Å²) in [6, 6.07) is 8.40. The summed E-state index contributed by atoms with van der Waals surface area (Å²) in [4.78, 5) is 4.56. The highest BCUT2D eigenvalue weighted by Crippen LogP contribution is 2.24. The van der Waals surface area contributed by atoms with Crippen LogP contribution in [-0.4, -0.2) is 4.98 Å². The second kappa shape index (κ2) is 3.82. The molecule has 1 nitrogen and oxygen atoms in total. The summed E-state index contributed by atoms with van der Waals surface area (Å²) in [5, 5.41) is 1.18. The maximum absolute atomic E-state index is 6.05. The first-order chi connectivity index (χ1) is 7.08. The number of aryl methyl sites for hydroxylation is 2. The van der Waals surface area contributed by atoms with Crippen LogP contribution in [0.3, 0.4) is 0 Å². The molecule has 0 fully saturated rings. The Morgan fingerprint density at radius 3 is 2.60 bits per heavy atom. The Hall–Kier alpha value is -1.08. The minimum atomic E-state index is -0.0337. The Labute approximate surface area is 95.1 Å². The van der Waals surface area contributed by atoms with Gasteiger partial charge in [0.1, 0.15) is 0 Å². The molecule has 1 aromatic carbocycles. The van der Waals surface area contributed by atoms with Crippen LogP contribution in [0.1, 0.15) is 29.1 Å². The molecule has 1 atom stereocenters. The molecule has 1 aromatic heterocycles. The Balaban J connectivity index is 2.74. The molecule has 0 N–H and O–H groups in total. The van der Waals surface area contributed by atoms with Crippen molar-refractivity contribution in [2.24, 2.45) is 0 Å². The van der Waals surface area contributed by atoms with Crippen molar-refractivity contribution in [1.29, 1.82) is 0 Å². The average Bonchev–Trinajstić information content (AvgIpc) is 2.16. The van der Waals surface area contributed by atoms with Gasteiger partial charge in [-0.3, -0.25) is 4.98 Å². The highest BCUT2D eigenvalue weighted by atomic mass is 35.5. The Kier molecular flexibility index (Phi) is 2.66. The van der Waals surface area contributed by atoms with Gasteiger partial charge in [-0.2, -0.15) is 0 Å². The zero-order valence-corrected chi connectivity index (χ0v) is 9.97. The first-order valence-electron chi connectivity index (χ1n) is 5.10. The molecule has 15 heavy (non-hydrogen) atoms. The standard InChI is InChI=1S/C13H14ClN/c1-8-4-5-11-9(2)7-12(10(3)14)15-13(11)6-8/h4-7,10H,1-3H3. The van der Waals surface area contributed by atoms with Crippen molar-refractivity contribution in [2.45, 2.75) is 26.1 Å². The van der Waals surface area contributed by atoms with E-state index in [0.29, 0.717) is 0 Å². The lowest BCUT2D eigenvalue weighted by Crippen LogP contribution is -1.93. The van der Waals surface area contributed by atoms with Gasteiger partial charge < -0.3 is 0 Å². The fraction of sp³-hybridized carbons (Fsp3) is 0.308. The van der Waals surface area contributed by atoms with Gasteiger partial charge in [0, 0.05) is 5.39 Å². The molecule has 2 aromatic rings. The van der Waals surface area contributed by atoms with Gasteiger partial charge in [-0.25, -0.2) is 0 Å². The quantitative estimate of drug-likeness (QED) is 0.657. The first kappa shape index (κ1) is 10.4. The molecule has 0 saturated carbocycles. The number of hydrogen-bond acceptors (Lipinski definition) is 1. The van der Waals surface area contributed by atoms with E-state index in [1.54, 1.807) is 0 Å². The molecule has 0 saturated heterocycles. The summed E-state index contributed by atoms with van der Waals surface area (Å²) in [6.07, 6.45) is 0. The molecule has 0 radical (unpaired) electrons. The lowest BCUT2D eigenvalue weighted by atomic mass is 10.1. The van der Waals surface area contributed by atoms with Crippen LogP contribution in [0.25, 0.3) is 10.9 Å². The number of alkyl halides is 1. The van der Waals surface area contributed by atoms with Gasteiger partial charge in [-0.05, 0) is 44.0 Å². The Morgan fingerprint density at radius 1 is 1.20 bits per heavy atom. The molecule has 78 valence electrons. The van der Waals surface area contributed by atoms with Gasteiger partial charge in [-0.15, -0.1) is 11.6 Å². The second-order valence-electron chi connectivity index (χ2n) is 4.00. The second-order valence-corrected chi connectivity index (χ2v) is 4.66. The minimum Gasteiger partial charge on any atom is -0.251 e. The number of halogens is 1. The minimum absolute atomic E-state index is 0.0337. The predicted octanol–water partition coefficient (Wildman–Crippen LogP) is 4.15. The molecule has 1 heterocycles. The number of nitrogens with zero attached hydrogens (tertiary/aromatic N) is 1. The van der Waals surface area contributed by atoms with Crippen molar-refractivity contribution < 1.29 is 0 Å². The Bertz CT molecular complexity index is 503. The SMILES string of the molecule is Cc1ccc2c(C)cc(C(C)Cl)nc2c1. The third kappa shape index (κ3) is 1.98. The van der Waals surface area contributed by atoms with Gasteiger partial charge in [0.2, 0.25) is 0 Å². The fourth-order valence-corrected chi connectivity index (χ4v) is 1.85. The van der Waals surface area contributed by atoms with Crippen molar-refractivity contribution in [3.05, 3.63) is 41.1 Å². The first-order valence-corrected chi connectivity index (χ1v) is 5.53. The van der Waals surface area contributed by atoms with Crippen LogP contribution in [0.15, 0.2) is 24.3 Å². The summed E-state index contributed by atoms with van der Waals surface area (Å²) >= 11 is 6.05. The Morgan fingerprint density at radius 2 is 1.93 bits per heavy atom. The van der Waals surface area contributed by atoms with Crippen molar-refractivity contribution in [1.82, 2.24) is 4.98 Å². The predicted molar refractivity (Wildman–Crippen MR) is 65.5 cm³/mol. The number of fused-ring (bicyclic) bond motifs is 1. The highest BCUT2D eigenvalue weighted by molar-refractivity contribution is 6.20. The molecular formula is C13H14ClN. The molecule has 0 aliphatic carbocycles. The van der Waals surface area contributed by atoms with Crippen LogP contribution in [0.5, 0.6) is 0 Å². The fourth-order valence-electron chi connectivity index (χ4n) is 1.74. The molecule has 1 unspecified atom stereocenters. The molecule has 2 heteroatoms. The summed E-state index contributed by atoms with van der Waals surface area (Å²) < 4.78 is 0. The molecule has 0 spiro atoms. The lowest BCUT2D eigenvalue weighted by molar-refractivity contribution is 1.01. The number of hydrogen-bond donors (Lipinski definition) is 0. The molecular weight excluding hydrogens is 206 g/mol. The van der Waals surface area contributed by atoms with E-state index >= 15 is 0 Å². The molecule has 2 rings (SSSR count). The summed E-state index contributed by atoms with van der Waals surface area (Å²) in [5.41, 5.74) is 4.46. The molecule has 0 bridgehead atoms. The van der Waals surface area contributed by atoms with E-state index < -0.39 is 0 Å². The molecule has 0 aliphatic rings. The molecule has 0 aliphatic heterocycles. The van der Waals surface area contributed by atoms with Gasteiger partial charge in [0.25, 0.3) is 0 Å². The van der Waals surface area contributed by atoms with Gasteiger partial charge in [-0.1, -0.05) is 12.1 Å². The number of pyridine rings is 1. The van der Waals surface area contributed by atoms with Crippen LogP contribution < -0.4 is 0 Å². The van der Waals surface area contributed by atoms with Gasteiger partial charge >= 0.3 is 0 Å². The van der Waals surface area contributed by atoms with E-state index in [4.69, 9.17) is 11.6 Å². The van der Waals surface area contributed by atoms with E-state index in [0.717, 1.165) is 11.2 Å². The molecule has 0 amide bonds. The third-order valence-corrected chi connectivity index (χ3v) is 2.82. The van der Waals surface area contributed by atoms with Crippen molar-refractivity contribution in [3.8, 4) is 0 Å². The highest BCUT2D eigenvalue weighted by Gasteiger charge is 2.06. The number of rotatable bonds is 1. The lowest BCUT2D eigenvalue weighted by Gasteiger charge is -2.08. The third-order valence-electron chi connectivity index (χ3n) is 2.60. The van der Waals surface area contributed by atoms with Crippen LogP contribution >= 0.6 is 11.6 Å². The van der Waals surface area contributed by atoms with Gasteiger partial charge in [0.15, 0.2) is 0 Å². The van der Waals surface area contributed by atoms with Crippen LogP contribution in [0, 0.1) is 13.8 Å². The number of aromatic nitrogens is 1. The topological polar surface area (TPSA) is 12.9 Å². The van der Waals surface area contributed by atoms with Crippen molar-refractivity contribution >= 4 is 22.5 Å². The summed E-state index contributed by atoms with van der Waals surface area (Å²) in [6.45, 7) is 6.13. The maximum Gasteiger partial charge on any atom is 0.0729 e. The monoisotopic (exact) mass is 219 g/mol. The van der Waals surface area contributed by atoms with Crippen LogP contribution in [0.2, 0.25) is 0 Å². The van der Waals surface area contributed by atoms with E-state index in [-0.39, 0.29) is 5.38 Å². The summed E-state index contributed by atoms with van der Waals surface area (Å²) in [5.74, 6) is 0. The normalized spacial score (nSPS) is 13.1. The van der Waals surface area contributed by atoms with Crippen LogP contribution in [0.4, 0.5) is 0 Å². The maximum atomic E-state index is 6.05. The van der Waals surface area contributed by atoms with E-state index in [1.165, 1.54) is 16.5 Å². The number of benzene rings is 1. The van der Waals surface area contributed by atoms with E-state index in [9.17, 15) is 0 Å². The smallest absolute Gasteiger partial charge is 0.0729 e.